The van der Waals surface area contributed by atoms with Crippen molar-refractivity contribution in [1.29, 1.82) is 0 Å². The molecule has 0 aliphatic heterocycles. The van der Waals surface area contributed by atoms with Crippen LogP contribution in [0.3, 0.4) is 0 Å². The zero-order chi connectivity index (χ0) is 21.7. The van der Waals surface area contributed by atoms with Gasteiger partial charge in [0.05, 0.1) is 0 Å². The Morgan fingerprint density at radius 3 is 1.26 bits per heavy atom. The molecule has 0 saturated heterocycles. The summed E-state index contributed by atoms with van der Waals surface area (Å²) >= 11 is 0. The van der Waals surface area contributed by atoms with Gasteiger partial charge in [0, 0.05) is 11.1 Å². The molecule has 4 aromatic carbocycles. The predicted molar refractivity (Wildman–Crippen MR) is 131 cm³/mol. The lowest BCUT2D eigenvalue weighted by molar-refractivity contribution is 0.100. The van der Waals surface area contributed by atoms with E-state index >= 15 is 0 Å². The van der Waals surface area contributed by atoms with Crippen molar-refractivity contribution in [2.45, 2.75) is 6.92 Å². The van der Waals surface area contributed by atoms with Crippen LogP contribution < -0.4 is 15.9 Å². The predicted octanol–water partition coefficient (Wildman–Crippen LogP) is 5.07. The Balaban J connectivity index is 1.88. The van der Waals surface area contributed by atoms with E-state index in [0.29, 0.717) is 17.3 Å². The summed E-state index contributed by atoms with van der Waals surface area (Å²) < 4.78 is 0. The summed E-state index contributed by atoms with van der Waals surface area (Å²) in [6, 6.07) is 38.2. The van der Waals surface area contributed by atoms with Gasteiger partial charge in [-0.05, 0) is 43.3 Å². The lowest BCUT2D eigenvalue weighted by Gasteiger charge is -2.27. The maximum Gasteiger partial charge on any atom is 0.201 e. The molecule has 0 amide bonds. The molecule has 3 heteroatoms. The zero-order valence-corrected chi connectivity index (χ0v) is 18.3. The number of ketones is 2. The van der Waals surface area contributed by atoms with Crippen molar-refractivity contribution in [2.75, 3.05) is 6.16 Å². The zero-order valence-electron chi connectivity index (χ0n) is 17.4. The Morgan fingerprint density at radius 1 is 0.548 bits per heavy atom. The molecule has 0 saturated carbocycles. The van der Waals surface area contributed by atoms with Crippen molar-refractivity contribution in [2.24, 2.45) is 0 Å². The van der Waals surface area contributed by atoms with Crippen molar-refractivity contribution in [3.05, 3.63) is 126 Å². The fraction of sp³-hybridized carbons (Fsp3) is 0.0714. The topological polar surface area (TPSA) is 34.1 Å². The van der Waals surface area contributed by atoms with Crippen LogP contribution in [-0.4, -0.2) is 17.7 Å². The summed E-state index contributed by atoms with van der Waals surface area (Å²) in [7, 11) is -2.22. The van der Waals surface area contributed by atoms with Gasteiger partial charge >= 0.3 is 0 Å². The number of hydrogen-bond donors (Lipinski definition) is 0. The molecule has 0 unspecified atom stereocenters. The third-order valence-electron chi connectivity index (χ3n) is 5.59. The second-order valence-electron chi connectivity index (χ2n) is 7.53. The lowest BCUT2D eigenvalue weighted by atomic mass is 10.1. The van der Waals surface area contributed by atoms with E-state index in [-0.39, 0.29) is 11.6 Å². The van der Waals surface area contributed by atoms with Gasteiger partial charge < -0.3 is 0 Å². The number of carbonyl (C=O) groups is 2. The van der Waals surface area contributed by atoms with Crippen LogP contribution in [0.25, 0.3) is 0 Å². The molecule has 0 N–H and O–H groups in total. The fourth-order valence-corrected chi connectivity index (χ4v) is 8.06. The molecule has 0 atom stereocenters. The summed E-state index contributed by atoms with van der Waals surface area (Å²) in [6.07, 6.45) is 0.393. The summed E-state index contributed by atoms with van der Waals surface area (Å²) in [4.78, 5) is 25.2. The Bertz CT molecular complexity index is 1070. The fourth-order valence-electron chi connectivity index (χ4n) is 3.97. The van der Waals surface area contributed by atoms with Crippen molar-refractivity contribution in [1.82, 2.24) is 0 Å². The van der Waals surface area contributed by atoms with Gasteiger partial charge in [0.2, 0.25) is 5.78 Å². The van der Waals surface area contributed by atoms with Gasteiger partial charge in [0.15, 0.2) is 5.78 Å². The van der Waals surface area contributed by atoms with Gasteiger partial charge in [-0.25, -0.2) is 0 Å². The van der Waals surface area contributed by atoms with Crippen LogP contribution in [0.4, 0.5) is 0 Å². The first-order valence-electron chi connectivity index (χ1n) is 10.3. The molecule has 0 bridgehead atoms. The number of carbonyl (C=O) groups excluding carboxylic acids is 2. The van der Waals surface area contributed by atoms with Crippen molar-refractivity contribution in [3.63, 3.8) is 0 Å². The van der Waals surface area contributed by atoms with Crippen LogP contribution in [0, 0.1) is 0 Å². The van der Waals surface area contributed by atoms with Crippen LogP contribution in [0.15, 0.2) is 115 Å². The molecular weight excluding hydrogens is 399 g/mol. The molecule has 0 fully saturated rings. The Kier molecular flexibility index (Phi) is 6.21. The van der Waals surface area contributed by atoms with Gasteiger partial charge in [0.1, 0.15) is 29.3 Å². The molecule has 0 radical (unpaired) electrons. The van der Waals surface area contributed by atoms with E-state index in [0.717, 1.165) is 0 Å². The maximum absolute atomic E-state index is 13.6. The van der Waals surface area contributed by atoms with E-state index in [1.54, 1.807) is 24.3 Å². The first-order valence-corrected chi connectivity index (χ1v) is 12.3. The molecule has 2 nitrogen and oxygen atoms in total. The van der Waals surface area contributed by atoms with E-state index in [1.165, 1.54) is 22.8 Å². The second kappa shape index (κ2) is 9.20. The van der Waals surface area contributed by atoms with Crippen molar-refractivity contribution >= 4 is 34.7 Å². The van der Waals surface area contributed by atoms with E-state index in [2.05, 4.69) is 36.4 Å². The smallest absolute Gasteiger partial charge is 0.201 e. The van der Waals surface area contributed by atoms with Crippen LogP contribution in [0.5, 0.6) is 0 Å². The van der Waals surface area contributed by atoms with Gasteiger partial charge in [-0.3, -0.25) is 9.59 Å². The maximum atomic E-state index is 13.6. The molecular formula is C28H24O2P+. The minimum Gasteiger partial charge on any atom is -0.295 e. The van der Waals surface area contributed by atoms with Gasteiger partial charge in [0.25, 0.3) is 0 Å². The molecule has 0 aliphatic rings. The normalized spacial score (nSPS) is 11.1. The molecule has 0 heterocycles. The average molecular weight is 423 g/mol. The van der Waals surface area contributed by atoms with E-state index in [1.807, 2.05) is 54.6 Å². The van der Waals surface area contributed by atoms with Crippen LogP contribution in [-0.2, 0) is 0 Å². The molecule has 152 valence electrons. The highest BCUT2D eigenvalue weighted by molar-refractivity contribution is 7.96. The number of Topliss-reactive ketones (excluding diaryl/α,β-unsaturated/α-hetero) is 2. The van der Waals surface area contributed by atoms with Crippen LogP contribution in [0.1, 0.15) is 27.6 Å². The SMILES string of the molecule is CC(=O)c1ccc(C(=O)C[P+](c2ccccc2)(c2ccccc2)c2ccccc2)cc1. The molecule has 0 aromatic heterocycles. The number of rotatable bonds is 7. The monoisotopic (exact) mass is 423 g/mol. The summed E-state index contributed by atoms with van der Waals surface area (Å²) in [5.41, 5.74) is 1.25. The average Bonchev–Trinajstić information content (AvgIpc) is 2.84. The summed E-state index contributed by atoms with van der Waals surface area (Å²) in [5.74, 6) is 0.0821. The largest absolute Gasteiger partial charge is 0.295 e. The summed E-state index contributed by atoms with van der Waals surface area (Å²) in [5, 5.41) is 3.54. The van der Waals surface area contributed by atoms with Gasteiger partial charge in [-0.15, -0.1) is 0 Å². The number of hydrogen-bond acceptors (Lipinski definition) is 2. The van der Waals surface area contributed by atoms with E-state index in [9.17, 15) is 9.59 Å². The minimum atomic E-state index is -2.22. The standard InChI is InChI=1S/C28H24O2P/c1-22(29)23-17-19-24(20-18-23)28(30)21-31(25-11-5-2-6-12-25,26-13-7-3-8-14-26)27-15-9-4-10-16-27/h2-20H,21H2,1H3/q+1. The Hall–Kier alpha value is -3.35. The molecule has 4 aromatic rings. The summed E-state index contributed by atoms with van der Waals surface area (Å²) in [6.45, 7) is 1.54. The van der Waals surface area contributed by atoms with Crippen molar-refractivity contribution in [3.8, 4) is 0 Å². The van der Waals surface area contributed by atoms with E-state index in [4.69, 9.17) is 0 Å². The van der Waals surface area contributed by atoms with Gasteiger partial charge in [-0.1, -0.05) is 78.9 Å². The van der Waals surface area contributed by atoms with Gasteiger partial charge in [-0.2, -0.15) is 0 Å². The van der Waals surface area contributed by atoms with E-state index < -0.39 is 7.26 Å². The van der Waals surface area contributed by atoms with Crippen LogP contribution in [0.2, 0.25) is 0 Å². The first-order chi connectivity index (χ1) is 15.1. The first kappa shape index (κ1) is 20.9. The quantitative estimate of drug-likeness (QED) is 0.307. The highest BCUT2D eigenvalue weighted by atomic mass is 31.2. The number of benzene rings is 4. The second-order valence-corrected chi connectivity index (χ2v) is 11.0. The molecule has 4 rings (SSSR count). The molecule has 0 spiro atoms. The molecule has 0 aliphatic carbocycles. The minimum absolute atomic E-state index is 0.00120. The highest BCUT2D eigenvalue weighted by Gasteiger charge is 2.47. The third kappa shape index (κ3) is 4.26. The van der Waals surface area contributed by atoms with Crippen molar-refractivity contribution < 1.29 is 9.59 Å². The van der Waals surface area contributed by atoms with Crippen LogP contribution >= 0.6 is 7.26 Å². The Labute approximate surface area is 183 Å². The lowest BCUT2D eigenvalue weighted by Crippen LogP contribution is -2.35. The molecule has 31 heavy (non-hydrogen) atoms. The third-order valence-corrected chi connectivity index (χ3v) is 9.89. The highest BCUT2D eigenvalue weighted by Crippen LogP contribution is 2.55. The Morgan fingerprint density at radius 2 is 0.903 bits per heavy atom.